The Morgan fingerprint density at radius 2 is 1.93 bits per heavy atom. The van der Waals surface area contributed by atoms with Crippen molar-refractivity contribution in [1.29, 1.82) is 0 Å². The van der Waals surface area contributed by atoms with Crippen LogP contribution in [0.15, 0.2) is 24.3 Å². The molecule has 14 heavy (non-hydrogen) atoms. The largest absolute Gasteiger partial charge is 0.317 e. The first-order chi connectivity index (χ1) is 6.72. The van der Waals surface area contributed by atoms with E-state index in [1.54, 1.807) is 12.1 Å². The number of nitrogens with one attached hydrogen (secondary N) is 1. The van der Waals surface area contributed by atoms with Crippen LogP contribution in [0.1, 0.15) is 24.8 Å². The SMILES string of the molecule is CNC1CC(c2ccc(F)cc2)C1C. The van der Waals surface area contributed by atoms with Gasteiger partial charge in [0.15, 0.2) is 0 Å². The number of halogens is 1. The number of benzene rings is 1. The fraction of sp³-hybridized carbons (Fsp3) is 0.500. The summed E-state index contributed by atoms with van der Waals surface area (Å²) in [6.07, 6.45) is 1.17. The molecule has 1 aromatic carbocycles. The van der Waals surface area contributed by atoms with E-state index < -0.39 is 0 Å². The summed E-state index contributed by atoms with van der Waals surface area (Å²) in [5.41, 5.74) is 1.27. The quantitative estimate of drug-likeness (QED) is 0.761. The average molecular weight is 193 g/mol. The van der Waals surface area contributed by atoms with Crippen molar-refractivity contribution in [3.63, 3.8) is 0 Å². The molecule has 1 fully saturated rings. The van der Waals surface area contributed by atoms with Crippen LogP contribution in [0.3, 0.4) is 0 Å². The fourth-order valence-electron chi connectivity index (χ4n) is 2.32. The van der Waals surface area contributed by atoms with Crippen LogP contribution in [0.5, 0.6) is 0 Å². The summed E-state index contributed by atoms with van der Waals surface area (Å²) in [6, 6.07) is 7.54. The molecule has 0 aliphatic heterocycles. The Labute approximate surface area is 84.3 Å². The Balaban J connectivity index is 2.07. The maximum atomic E-state index is 12.7. The maximum absolute atomic E-state index is 12.7. The summed E-state index contributed by atoms with van der Waals surface area (Å²) < 4.78 is 12.7. The molecule has 0 heterocycles. The van der Waals surface area contributed by atoms with Gasteiger partial charge in [-0.15, -0.1) is 0 Å². The third kappa shape index (κ3) is 1.55. The highest BCUT2D eigenvalue weighted by Crippen LogP contribution is 2.42. The summed E-state index contributed by atoms with van der Waals surface area (Å²) in [5.74, 6) is 1.12. The molecule has 0 saturated heterocycles. The second-order valence-corrected chi connectivity index (χ2v) is 4.15. The first-order valence-electron chi connectivity index (χ1n) is 5.15. The summed E-state index contributed by atoms with van der Waals surface area (Å²) in [4.78, 5) is 0. The molecular formula is C12H16FN. The number of hydrogen-bond acceptors (Lipinski definition) is 1. The highest BCUT2D eigenvalue weighted by atomic mass is 19.1. The maximum Gasteiger partial charge on any atom is 0.123 e. The minimum atomic E-state index is -0.147. The van der Waals surface area contributed by atoms with Gasteiger partial charge in [0.2, 0.25) is 0 Å². The summed E-state index contributed by atoms with van der Waals surface area (Å²) in [6.45, 7) is 2.25. The van der Waals surface area contributed by atoms with Crippen LogP contribution in [0.25, 0.3) is 0 Å². The molecule has 1 saturated carbocycles. The van der Waals surface area contributed by atoms with Crippen LogP contribution in [0.2, 0.25) is 0 Å². The minimum Gasteiger partial charge on any atom is -0.317 e. The third-order valence-electron chi connectivity index (χ3n) is 3.45. The molecule has 1 nitrogen and oxygen atoms in total. The molecule has 2 rings (SSSR count). The van der Waals surface area contributed by atoms with E-state index in [2.05, 4.69) is 12.2 Å². The molecule has 0 aromatic heterocycles. The molecule has 0 radical (unpaired) electrons. The van der Waals surface area contributed by atoms with Gasteiger partial charge in [-0.05, 0) is 43.0 Å². The minimum absolute atomic E-state index is 0.147. The highest BCUT2D eigenvalue weighted by Gasteiger charge is 2.37. The van der Waals surface area contributed by atoms with Gasteiger partial charge >= 0.3 is 0 Å². The lowest BCUT2D eigenvalue weighted by atomic mass is 9.67. The van der Waals surface area contributed by atoms with Gasteiger partial charge in [-0.3, -0.25) is 0 Å². The van der Waals surface area contributed by atoms with E-state index in [1.165, 1.54) is 12.0 Å². The smallest absolute Gasteiger partial charge is 0.123 e. The van der Waals surface area contributed by atoms with Crippen LogP contribution < -0.4 is 5.32 Å². The first kappa shape index (κ1) is 9.66. The monoisotopic (exact) mass is 193 g/mol. The zero-order chi connectivity index (χ0) is 10.1. The second kappa shape index (κ2) is 3.70. The lowest BCUT2D eigenvalue weighted by Crippen LogP contribution is -2.46. The molecule has 3 atom stereocenters. The number of hydrogen-bond donors (Lipinski definition) is 1. The summed E-state index contributed by atoms with van der Waals surface area (Å²) >= 11 is 0. The molecule has 3 unspecified atom stereocenters. The average Bonchev–Trinajstić information content (AvgIpc) is 2.19. The van der Waals surface area contributed by atoms with Crippen LogP contribution in [0, 0.1) is 11.7 Å². The van der Waals surface area contributed by atoms with E-state index in [-0.39, 0.29) is 5.82 Å². The van der Waals surface area contributed by atoms with Crippen molar-refractivity contribution in [2.24, 2.45) is 5.92 Å². The molecule has 0 amide bonds. The van der Waals surface area contributed by atoms with Crippen LogP contribution >= 0.6 is 0 Å². The first-order valence-corrected chi connectivity index (χ1v) is 5.15. The van der Waals surface area contributed by atoms with Gasteiger partial charge in [0.05, 0.1) is 0 Å². The van der Waals surface area contributed by atoms with Crippen molar-refractivity contribution in [1.82, 2.24) is 5.32 Å². The van der Waals surface area contributed by atoms with E-state index in [0.717, 1.165) is 0 Å². The molecule has 1 aliphatic rings. The van der Waals surface area contributed by atoms with E-state index in [4.69, 9.17) is 0 Å². The summed E-state index contributed by atoms with van der Waals surface area (Å²) in [5, 5.41) is 3.29. The van der Waals surface area contributed by atoms with Gasteiger partial charge in [-0.25, -0.2) is 4.39 Å². The van der Waals surface area contributed by atoms with Crippen molar-refractivity contribution in [3.05, 3.63) is 35.6 Å². The molecule has 0 spiro atoms. The van der Waals surface area contributed by atoms with Gasteiger partial charge < -0.3 is 5.32 Å². The van der Waals surface area contributed by atoms with E-state index in [1.807, 2.05) is 19.2 Å². The predicted molar refractivity (Wildman–Crippen MR) is 55.8 cm³/mol. The molecule has 1 aromatic rings. The van der Waals surface area contributed by atoms with Gasteiger partial charge in [0.25, 0.3) is 0 Å². The molecule has 1 N–H and O–H groups in total. The zero-order valence-corrected chi connectivity index (χ0v) is 8.63. The van der Waals surface area contributed by atoms with Gasteiger partial charge in [-0.2, -0.15) is 0 Å². The van der Waals surface area contributed by atoms with Crippen LogP contribution in [-0.2, 0) is 0 Å². The Morgan fingerprint density at radius 3 is 2.43 bits per heavy atom. The van der Waals surface area contributed by atoms with Crippen molar-refractivity contribution in [2.45, 2.75) is 25.3 Å². The van der Waals surface area contributed by atoms with Gasteiger partial charge in [-0.1, -0.05) is 19.1 Å². The fourth-order valence-corrected chi connectivity index (χ4v) is 2.32. The lowest BCUT2D eigenvalue weighted by molar-refractivity contribution is 0.194. The Morgan fingerprint density at radius 1 is 1.29 bits per heavy atom. The van der Waals surface area contributed by atoms with Crippen molar-refractivity contribution in [3.8, 4) is 0 Å². The second-order valence-electron chi connectivity index (χ2n) is 4.15. The van der Waals surface area contributed by atoms with Crippen molar-refractivity contribution >= 4 is 0 Å². The molecule has 2 heteroatoms. The van der Waals surface area contributed by atoms with E-state index in [9.17, 15) is 4.39 Å². The zero-order valence-electron chi connectivity index (χ0n) is 8.63. The molecule has 76 valence electrons. The van der Waals surface area contributed by atoms with E-state index >= 15 is 0 Å². The predicted octanol–water partition coefficient (Wildman–Crippen LogP) is 2.54. The molecular weight excluding hydrogens is 177 g/mol. The van der Waals surface area contributed by atoms with Gasteiger partial charge in [0.1, 0.15) is 5.82 Å². The Hall–Kier alpha value is -0.890. The van der Waals surface area contributed by atoms with Crippen LogP contribution in [-0.4, -0.2) is 13.1 Å². The van der Waals surface area contributed by atoms with Crippen LogP contribution in [0.4, 0.5) is 4.39 Å². The Bertz CT molecular complexity index is 307. The molecule has 0 bridgehead atoms. The normalized spacial score (nSPS) is 31.2. The Kier molecular flexibility index (Phi) is 2.55. The molecule has 1 aliphatic carbocycles. The van der Waals surface area contributed by atoms with Gasteiger partial charge in [0, 0.05) is 6.04 Å². The van der Waals surface area contributed by atoms with E-state index in [0.29, 0.717) is 17.9 Å². The van der Waals surface area contributed by atoms with Crippen molar-refractivity contribution in [2.75, 3.05) is 7.05 Å². The summed E-state index contributed by atoms with van der Waals surface area (Å²) in [7, 11) is 2.00. The van der Waals surface area contributed by atoms with Crippen molar-refractivity contribution < 1.29 is 4.39 Å². The topological polar surface area (TPSA) is 12.0 Å². The standard InChI is InChI=1S/C12H16FN/c1-8-11(7-12(8)14-2)9-3-5-10(13)6-4-9/h3-6,8,11-12,14H,7H2,1-2H3. The third-order valence-corrected chi connectivity index (χ3v) is 3.45. The highest BCUT2D eigenvalue weighted by molar-refractivity contribution is 5.24. The number of rotatable bonds is 2. The lowest BCUT2D eigenvalue weighted by Gasteiger charge is -2.43.